The standard InChI is InChI=1S/C13H11ClO2/c1-16-11-5-2-9(3-6-11)12-8-10(15)4-7-13(12)14/h2-8,15H,1H3. The number of rotatable bonds is 2. The van der Waals surface area contributed by atoms with Crippen molar-refractivity contribution in [3.63, 3.8) is 0 Å². The highest BCUT2D eigenvalue weighted by Gasteiger charge is 2.04. The molecule has 16 heavy (non-hydrogen) atoms. The van der Waals surface area contributed by atoms with Crippen LogP contribution in [0.3, 0.4) is 0 Å². The molecule has 0 bridgehead atoms. The zero-order valence-electron chi connectivity index (χ0n) is 8.77. The van der Waals surface area contributed by atoms with Gasteiger partial charge in [-0.2, -0.15) is 0 Å². The summed E-state index contributed by atoms with van der Waals surface area (Å²) in [6.45, 7) is 0. The number of methoxy groups -OCH3 is 1. The molecule has 0 saturated heterocycles. The number of ether oxygens (including phenoxy) is 1. The highest BCUT2D eigenvalue weighted by Crippen LogP contribution is 2.31. The Kier molecular flexibility index (Phi) is 3.02. The molecule has 0 radical (unpaired) electrons. The summed E-state index contributed by atoms with van der Waals surface area (Å²) in [5.74, 6) is 0.996. The van der Waals surface area contributed by atoms with E-state index in [1.807, 2.05) is 24.3 Å². The predicted molar refractivity (Wildman–Crippen MR) is 65.1 cm³/mol. The summed E-state index contributed by atoms with van der Waals surface area (Å²) in [6, 6.07) is 12.4. The molecule has 3 heteroatoms. The molecular formula is C13H11ClO2. The molecule has 0 aromatic heterocycles. The highest BCUT2D eigenvalue weighted by molar-refractivity contribution is 6.33. The van der Waals surface area contributed by atoms with Gasteiger partial charge in [0.2, 0.25) is 0 Å². The quantitative estimate of drug-likeness (QED) is 0.858. The molecular weight excluding hydrogens is 224 g/mol. The third-order valence-corrected chi connectivity index (χ3v) is 2.68. The lowest BCUT2D eigenvalue weighted by molar-refractivity contribution is 0.415. The van der Waals surface area contributed by atoms with Crippen molar-refractivity contribution in [1.82, 2.24) is 0 Å². The van der Waals surface area contributed by atoms with Crippen LogP contribution in [0.15, 0.2) is 42.5 Å². The van der Waals surface area contributed by atoms with E-state index in [0.29, 0.717) is 5.02 Å². The molecule has 2 nitrogen and oxygen atoms in total. The molecule has 0 spiro atoms. The fourth-order valence-corrected chi connectivity index (χ4v) is 1.73. The Labute approximate surface area is 99.1 Å². The number of hydrogen-bond acceptors (Lipinski definition) is 2. The Morgan fingerprint density at radius 3 is 2.38 bits per heavy atom. The van der Waals surface area contributed by atoms with Crippen LogP contribution in [0.1, 0.15) is 0 Å². The Hall–Kier alpha value is -1.67. The van der Waals surface area contributed by atoms with E-state index in [-0.39, 0.29) is 5.75 Å². The van der Waals surface area contributed by atoms with E-state index < -0.39 is 0 Å². The monoisotopic (exact) mass is 234 g/mol. The topological polar surface area (TPSA) is 29.5 Å². The van der Waals surface area contributed by atoms with Crippen molar-refractivity contribution >= 4 is 11.6 Å². The Balaban J connectivity index is 2.45. The zero-order chi connectivity index (χ0) is 11.5. The fraction of sp³-hybridized carbons (Fsp3) is 0.0769. The van der Waals surface area contributed by atoms with Crippen molar-refractivity contribution in [3.8, 4) is 22.6 Å². The van der Waals surface area contributed by atoms with Gasteiger partial charge in [-0.3, -0.25) is 0 Å². The first kappa shape index (κ1) is 10.8. The van der Waals surface area contributed by atoms with Crippen LogP contribution in [0.4, 0.5) is 0 Å². The number of benzene rings is 2. The number of hydrogen-bond donors (Lipinski definition) is 1. The second-order valence-electron chi connectivity index (χ2n) is 3.39. The molecule has 2 rings (SSSR count). The number of aromatic hydroxyl groups is 1. The van der Waals surface area contributed by atoms with Gasteiger partial charge in [-0.25, -0.2) is 0 Å². The van der Waals surface area contributed by atoms with E-state index in [2.05, 4.69) is 0 Å². The van der Waals surface area contributed by atoms with E-state index >= 15 is 0 Å². The molecule has 2 aromatic carbocycles. The molecule has 82 valence electrons. The second kappa shape index (κ2) is 4.45. The van der Waals surface area contributed by atoms with E-state index in [1.54, 1.807) is 25.3 Å². The summed E-state index contributed by atoms with van der Waals surface area (Å²) < 4.78 is 5.08. The first-order chi connectivity index (χ1) is 7.70. The smallest absolute Gasteiger partial charge is 0.118 e. The first-order valence-electron chi connectivity index (χ1n) is 4.83. The van der Waals surface area contributed by atoms with Gasteiger partial charge in [0.1, 0.15) is 11.5 Å². The molecule has 0 heterocycles. The maximum absolute atomic E-state index is 9.42. The van der Waals surface area contributed by atoms with Crippen molar-refractivity contribution in [2.24, 2.45) is 0 Å². The van der Waals surface area contributed by atoms with Crippen molar-refractivity contribution in [2.45, 2.75) is 0 Å². The van der Waals surface area contributed by atoms with Gasteiger partial charge in [0, 0.05) is 10.6 Å². The van der Waals surface area contributed by atoms with Gasteiger partial charge in [-0.15, -0.1) is 0 Å². The maximum Gasteiger partial charge on any atom is 0.118 e. The van der Waals surface area contributed by atoms with Gasteiger partial charge in [0.25, 0.3) is 0 Å². The molecule has 0 atom stereocenters. The average molecular weight is 235 g/mol. The third kappa shape index (κ3) is 2.12. The van der Waals surface area contributed by atoms with E-state index in [4.69, 9.17) is 16.3 Å². The molecule has 0 saturated carbocycles. The van der Waals surface area contributed by atoms with Gasteiger partial charge < -0.3 is 9.84 Å². The van der Waals surface area contributed by atoms with Gasteiger partial charge in [-0.1, -0.05) is 23.7 Å². The predicted octanol–water partition coefficient (Wildman–Crippen LogP) is 3.72. The average Bonchev–Trinajstić information content (AvgIpc) is 2.32. The number of phenols is 1. The lowest BCUT2D eigenvalue weighted by Gasteiger charge is -2.06. The van der Waals surface area contributed by atoms with Crippen LogP contribution >= 0.6 is 11.6 Å². The molecule has 0 aliphatic rings. The van der Waals surface area contributed by atoms with E-state index in [0.717, 1.165) is 16.9 Å². The Morgan fingerprint density at radius 1 is 1.06 bits per heavy atom. The second-order valence-corrected chi connectivity index (χ2v) is 3.80. The summed E-state index contributed by atoms with van der Waals surface area (Å²) in [5.41, 5.74) is 1.76. The van der Waals surface area contributed by atoms with Crippen molar-refractivity contribution in [1.29, 1.82) is 0 Å². The molecule has 1 N–H and O–H groups in total. The summed E-state index contributed by atoms with van der Waals surface area (Å²) in [6.07, 6.45) is 0. The Bertz CT molecular complexity index is 492. The minimum Gasteiger partial charge on any atom is -0.508 e. The normalized spacial score (nSPS) is 10.1. The van der Waals surface area contributed by atoms with Gasteiger partial charge in [0.15, 0.2) is 0 Å². The highest BCUT2D eigenvalue weighted by atomic mass is 35.5. The van der Waals surface area contributed by atoms with Crippen LogP contribution in [0.2, 0.25) is 5.02 Å². The van der Waals surface area contributed by atoms with Crippen molar-refractivity contribution in [2.75, 3.05) is 7.11 Å². The lowest BCUT2D eigenvalue weighted by atomic mass is 10.1. The number of phenolic OH excluding ortho intramolecular Hbond substituents is 1. The van der Waals surface area contributed by atoms with Crippen LogP contribution in [-0.2, 0) is 0 Å². The van der Waals surface area contributed by atoms with Crippen molar-refractivity contribution < 1.29 is 9.84 Å². The molecule has 0 aliphatic heterocycles. The van der Waals surface area contributed by atoms with Crippen LogP contribution in [0.25, 0.3) is 11.1 Å². The van der Waals surface area contributed by atoms with Crippen LogP contribution in [-0.4, -0.2) is 12.2 Å². The fourth-order valence-electron chi connectivity index (χ4n) is 1.51. The minimum atomic E-state index is 0.204. The molecule has 0 unspecified atom stereocenters. The van der Waals surface area contributed by atoms with Gasteiger partial charge in [-0.05, 0) is 35.9 Å². The van der Waals surface area contributed by atoms with Gasteiger partial charge >= 0.3 is 0 Å². The summed E-state index contributed by atoms with van der Waals surface area (Å²) in [7, 11) is 1.62. The van der Waals surface area contributed by atoms with E-state index in [1.165, 1.54) is 0 Å². The largest absolute Gasteiger partial charge is 0.508 e. The lowest BCUT2D eigenvalue weighted by Crippen LogP contribution is -1.83. The van der Waals surface area contributed by atoms with Crippen LogP contribution < -0.4 is 4.74 Å². The van der Waals surface area contributed by atoms with Crippen molar-refractivity contribution in [3.05, 3.63) is 47.5 Å². The zero-order valence-corrected chi connectivity index (χ0v) is 9.53. The number of halogens is 1. The maximum atomic E-state index is 9.42. The third-order valence-electron chi connectivity index (χ3n) is 2.35. The molecule has 0 fully saturated rings. The van der Waals surface area contributed by atoms with Crippen LogP contribution in [0.5, 0.6) is 11.5 Å². The van der Waals surface area contributed by atoms with E-state index in [9.17, 15) is 5.11 Å². The van der Waals surface area contributed by atoms with Gasteiger partial charge in [0.05, 0.1) is 7.11 Å². The summed E-state index contributed by atoms with van der Waals surface area (Å²) in [4.78, 5) is 0. The molecule has 0 aliphatic carbocycles. The summed E-state index contributed by atoms with van der Waals surface area (Å²) >= 11 is 6.06. The Morgan fingerprint density at radius 2 is 1.75 bits per heavy atom. The molecule has 0 amide bonds. The van der Waals surface area contributed by atoms with Crippen LogP contribution in [0, 0.1) is 0 Å². The summed E-state index contributed by atoms with van der Waals surface area (Å²) in [5, 5.41) is 10.0. The molecule has 2 aromatic rings. The SMILES string of the molecule is COc1ccc(-c2cc(O)ccc2Cl)cc1. The first-order valence-corrected chi connectivity index (χ1v) is 5.21. The minimum absolute atomic E-state index is 0.204.